The summed E-state index contributed by atoms with van der Waals surface area (Å²) in [5.74, 6) is 2.16. The molecule has 0 bridgehead atoms. The minimum Gasteiger partial charge on any atom is -0.312 e. The third-order valence-electron chi connectivity index (χ3n) is 4.15. The summed E-state index contributed by atoms with van der Waals surface area (Å²) >= 11 is 2.16. The predicted molar refractivity (Wildman–Crippen MR) is 73.2 cm³/mol. The Morgan fingerprint density at radius 2 is 2.31 bits per heavy atom. The Labute approximate surface area is 105 Å². The highest BCUT2D eigenvalue weighted by molar-refractivity contribution is 8.00. The zero-order valence-corrected chi connectivity index (χ0v) is 11.8. The Hall–Kier alpha value is 0.270. The van der Waals surface area contributed by atoms with Crippen LogP contribution >= 0.6 is 11.8 Å². The molecule has 1 N–H and O–H groups in total. The third kappa shape index (κ3) is 3.14. The summed E-state index contributed by atoms with van der Waals surface area (Å²) in [5, 5.41) is 3.83. The number of piperidine rings is 1. The number of nitrogens with zero attached hydrogens (tertiary/aromatic N) is 1. The van der Waals surface area contributed by atoms with Gasteiger partial charge in [0.1, 0.15) is 0 Å². The van der Waals surface area contributed by atoms with Crippen LogP contribution in [0.5, 0.6) is 0 Å². The smallest absolute Gasteiger partial charge is 0.0256 e. The zero-order chi connectivity index (χ0) is 11.6. The van der Waals surface area contributed by atoms with Gasteiger partial charge in [-0.1, -0.05) is 6.92 Å². The van der Waals surface area contributed by atoms with Crippen molar-refractivity contribution in [3.8, 4) is 0 Å². The zero-order valence-electron chi connectivity index (χ0n) is 11.0. The largest absolute Gasteiger partial charge is 0.312 e. The molecule has 3 unspecified atom stereocenters. The molecule has 2 nitrogen and oxygen atoms in total. The van der Waals surface area contributed by atoms with Gasteiger partial charge in [-0.2, -0.15) is 11.8 Å². The summed E-state index contributed by atoms with van der Waals surface area (Å²) in [6.07, 6.45) is 4.12. The van der Waals surface area contributed by atoms with E-state index in [1.165, 1.54) is 44.6 Å². The molecule has 2 fully saturated rings. The summed E-state index contributed by atoms with van der Waals surface area (Å²) < 4.78 is 0.517. The van der Waals surface area contributed by atoms with Gasteiger partial charge in [0.05, 0.1) is 0 Å². The van der Waals surface area contributed by atoms with Gasteiger partial charge in [0, 0.05) is 23.9 Å². The fourth-order valence-electron chi connectivity index (χ4n) is 2.98. The number of likely N-dealkylation sites (tertiary alicyclic amines) is 1. The van der Waals surface area contributed by atoms with E-state index < -0.39 is 0 Å². The van der Waals surface area contributed by atoms with Gasteiger partial charge in [-0.3, -0.25) is 0 Å². The van der Waals surface area contributed by atoms with Gasteiger partial charge < -0.3 is 10.2 Å². The molecule has 2 aliphatic heterocycles. The molecular formula is C13H26N2S. The first-order valence-corrected chi connectivity index (χ1v) is 7.63. The second-order valence-electron chi connectivity index (χ2n) is 5.92. The van der Waals surface area contributed by atoms with Crippen LogP contribution < -0.4 is 5.32 Å². The maximum absolute atomic E-state index is 3.83. The van der Waals surface area contributed by atoms with Crippen molar-refractivity contribution in [2.75, 3.05) is 32.4 Å². The van der Waals surface area contributed by atoms with Gasteiger partial charge in [0.15, 0.2) is 0 Å². The molecule has 3 heteroatoms. The Bertz CT molecular complexity index is 226. The Morgan fingerprint density at radius 3 is 2.94 bits per heavy atom. The minimum atomic E-state index is 0.517. The van der Waals surface area contributed by atoms with Crippen molar-refractivity contribution in [2.45, 2.75) is 43.9 Å². The molecule has 3 atom stereocenters. The van der Waals surface area contributed by atoms with Crippen LogP contribution in [0, 0.1) is 5.92 Å². The van der Waals surface area contributed by atoms with Crippen LogP contribution in [0.3, 0.4) is 0 Å². The van der Waals surface area contributed by atoms with E-state index in [0.29, 0.717) is 4.75 Å². The van der Waals surface area contributed by atoms with Crippen molar-refractivity contribution in [1.29, 1.82) is 0 Å². The quantitative estimate of drug-likeness (QED) is 0.817. The summed E-state index contributed by atoms with van der Waals surface area (Å²) in [5.41, 5.74) is 0. The van der Waals surface area contributed by atoms with Crippen LogP contribution in [0.2, 0.25) is 0 Å². The molecule has 2 saturated heterocycles. The molecule has 0 radical (unpaired) electrons. The summed E-state index contributed by atoms with van der Waals surface area (Å²) in [4.78, 5) is 2.45. The van der Waals surface area contributed by atoms with Gasteiger partial charge in [-0.15, -0.1) is 0 Å². The van der Waals surface area contributed by atoms with E-state index >= 15 is 0 Å². The molecule has 0 aromatic carbocycles. The van der Waals surface area contributed by atoms with Crippen molar-refractivity contribution in [3.63, 3.8) is 0 Å². The topological polar surface area (TPSA) is 15.3 Å². The molecule has 94 valence electrons. The number of thioether (sulfide) groups is 1. The van der Waals surface area contributed by atoms with Crippen LogP contribution in [-0.4, -0.2) is 48.1 Å². The average Bonchev–Trinajstić information content (AvgIpc) is 2.64. The number of rotatable bonds is 3. The van der Waals surface area contributed by atoms with Gasteiger partial charge in [-0.05, 0) is 51.4 Å². The molecule has 0 aromatic rings. The van der Waals surface area contributed by atoms with Gasteiger partial charge >= 0.3 is 0 Å². The summed E-state index contributed by atoms with van der Waals surface area (Å²) in [6, 6.07) is 0.745. The molecule has 2 heterocycles. The van der Waals surface area contributed by atoms with Crippen molar-refractivity contribution in [2.24, 2.45) is 5.92 Å². The van der Waals surface area contributed by atoms with Gasteiger partial charge in [0.2, 0.25) is 0 Å². The number of nitrogens with one attached hydrogen (secondary N) is 1. The Kier molecular flexibility index (Phi) is 4.20. The Balaban J connectivity index is 1.77. The maximum atomic E-state index is 3.83. The van der Waals surface area contributed by atoms with Crippen LogP contribution in [0.1, 0.15) is 33.1 Å². The van der Waals surface area contributed by atoms with E-state index in [0.717, 1.165) is 12.0 Å². The number of hydrogen-bond donors (Lipinski definition) is 1. The van der Waals surface area contributed by atoms with Crippen LogP contribution in [-0.2, 0) is 0 Å². The van der Waals surface area contributed by atoms with Gasteiger partial charge in [0.25, 0.3) is 0 Å². The molecule has 0 spiro atoms. The van der Waals surface area contributed by atoms with E-state index in [1.807, 2.05) is 0 Å². The lowest BCUT2D eigenvalue weighted by molar-refractivity contribution is 0.173. The van der Waals surface area contributed by atoms with E-state index in [4.69, 9.17) is 0 Å². The maximum Gasteiger partial charge on any atom is 0.0256 e. The monoisotopic (exact) mass is 242 g/mol. The molecule has 16 heavy (non-hydrogen) atoms. The highest BCUT2D eigenvalue weighted by Gasteiger charge is 2.31. The van der Waals surface area contributed by atoms with E-state index in [1.54, 1.807) is 0 Å². The van der Waals surface area contributed by atoms with Crippen molar-refractivity contribution in [3.05, 3.63) is 0 Å². The van der Waals surface area contributed by atoms with E-state index in [2.05, 4.69) is 42.9 Å². The highest BCUT2D eigenvalue weighted by atomic mass is 32.2. The highest BCUT2D eigenvalue weighted by Crippen LogP contribution is 2.37. The average molecular weight is 242 g/mol. The van der Waals surface area contributed by atoms with Crippen molar-refractivity contribution in [1.82, 2.24) is 10.2 Å². The first kappa shape index (κ1) is 12.7. The number of hydrogen-bond acceptors (Lipinski definition) is 3. The third-order valence-corrected chi connectivity index (χ3v) is 5.69. The second-order valence-corrected chi connectivity index (χ2v) is 7.60. The molecule has 0 aliphatic carbocycles. The van der Waals surface area contributed by atoms with Crippen LogP contribution in [0.25, 0.3) is 0 Å². The fraction of sp³-hybridized carbons (Fsp3) is 1.00. The molecule has 2 rings (SSSR count). The second kappa shape index (κ2) is 5.28. The predicted octanol–water partition coefficient (Wildman–Crippen LogP) is 2.20. The molecule has 0 amide bonds. The van der Waals surface area contributed by atoms with E-state index in [9.17, 15) is 0 Å². The molecule has 0 aromatic heterocycles. The minimum absolute atomic E-state index is 0.517. The Morgan fingerprint density at radius 1 is 1.50 bits per heavy atom. The lowest BCUT2D eigenvalue weighted by Crippen LogP contribution is -2.49. The molecule has 0 saturated carbocycles. The van der Waals surface area contributed by atoms with E-state index in [-0.39, 0.29) is 0 Å². The van der Waals surface area contributed by atoms with Crippen molar-refractivity contribution < 1.29 is 0 Å². The molecule has 2 aliphatic rings. The first-order valence-electron chi connectivity index (χ1n) is 6.65. The summed E-state index contributed by atoms with van der Waals surface area (Å²) in [6.45, 7) is 8.53. The molecular weight excluding hydrogens is 216 g/mol. The van der Waals surface area contributed by atoms with Gasteiger partial charge in [-0.25, -0.2) is 0 Å². The van der Waals surface area contributed by atoms with Crippen LogP contribution in [0.15, 0.2) is 0 Å². The first-order chi connectivity index (χ1) is 7.59. The normalized spacial score (nSPS) is 41.4. The SMILES string of the molecule is CC1CN(C)CCC1NCC1(C)CCCS1. The summed E-state index contributed by atoms with van der Waals surface area (Å²) in [7, 11) is 2.24. The van der Waals surface area contributed by atoms with Crippen LogP contribution in [0.4, 0.5) is 0 Å². The lowest BCUT2D eigenvalue weighted by atomic mass is 9.93. The van der Waals surface area contributed by atoms with Crippen molar-refractivity contribution >= 4 is 11.8 Å². The fourth-order valence-corrected chi connectivity index (χ4v) is 4.24. The lowest BCUT2D eigenvalue weighted by Gasteiger charge is -2.37. The standard InChI is InChI=1S/C13H26N2S/c1-11-9-15(3)7-5-12(11)14-10-13(2)6-4-8-16-13/h11-12,14H,4-10H2,1-3H3.